The number of para-hydroxylation sites is 1. The molecule has 110 valence electrons. The Morgan fingerprint density at radius 2 is 1.70 bits per heavy atom. The van der Waals surface area contributed by atoms with E-state index >= 15 is 0 Å². The largest absolute Gasteiger partial charge is 0.490 e. The van der Waals surface area contributed by atoms with E-state index in [1.807, 2.05) is 18.2 Å². The maximum atomic E-state index is 8.92. The van der Waals surface area contributed by atoms with Crippen LogP contribution >= 0.6 is 0 Å². The van der Waals surface area contributed by atoms with Gasteiger partial charge in [-0.3, -0.25) is 0 Å². The first-order valence-corrected chi connectivity index (χ1v) is 7.58. The number of hydrogen-bond acceptors (Lipinski definition) is 3. The van der Waals surface area contributed by atoms with E-state index in [2.05, 4.69) is 13.0 Å². The molecular weight excluding hydrogens is 250 g/mol. The van der Waals surface area contributed by atoms with Crippen molar-refractivity contribution in [1.82, 2.24) is 0 Å². The second-order valence-corrected chi connectivity index (χ2v) is 4.84. The molecule has 0 amide bonds. The van der Waals surface area contributed by atoms with Crippen LogP contribution < -0.4 is 4.74 Å². The average Bonchev–Trinajstić information content (AvgIpc) is 2.49. The molecule has 0 bridgehead atoms. The molecule has 0 aliphatic carbocycles. The van der Waals surface area contributed by atoms with Gasteiger partial charge in [0.05, 0.1) is 12.2 Å². The zero-order valence-electron chi connectivity index (χ0n) is 12.4. The Morgan fingerprint density at radius 3 is 2.50 bits per heavy atom. The number of hydrogen-bond donors (Lipinski definition) is 0. The number of benzene rings is 1. The van der Waals surface area contributed by atoms with Gasteiger partial charge in [0, 0.05) is 6.61 Å². The zero-order chi connectivity index (χ0) is 14.5. The summed E-state index contributed by atoms with van der Waals surface area (Å²) in [7, 11) is 0. The van der Waals surface area contributed by atoms with Crippen LogP contribution in [0.25, 0.3) is 0 Å². The molecule has 0 aliphatic heterocycles. The number of rotatable bonds is 11. The molecule has 1 aromatic rings. The van der Waals surface area contributed by atoms with Gasteiger partial charge in [-0.25, -0.2) is 0 Å². The van der Waals surface area contributed by atoms with Crippen molar-refractivity contribution in [3.05, 3.63) is 29.8 Å². The van der Waals surface area contributed by atoms with Gasteiger partial charge in [-0.05, 0) is 18.6 Å². The van der Waals surface area contributed by atoms with Gasteiger partial charge < -0.3 is 9.47 Å². The van der Waals surface area contributed by atoms with E-state index in [0.717, 1.165) is 13.0 Å². The molecule has 3 heteroatoms. The van der Waals surface area contributed by atoms with Crippen molar-refractivity contribution in [2.45, 2.75) is 45.4 Å². The molecule has 0 N–H and O–H groups in total. The first-order chi connectivity index (χ1) is 9.88. The highest BCUT2D eigenvalue weighted by atomic mass is 16.5. The van der Waals surface area contributed by atoms with Crippen molar-refractivity contribution in [3.8, 4) is 11.8 Å². The van der Waals surface area contributed by atoms with Gasteiger partial charge in [-0.1, -0.05) is 51.2 Å². The summed E-state index contributed by atoms with van der Waals surface area (Å²) in [5.74, 6) is 0.637. The van der Waals surface area contributed by atoms with E-state index in [1.54, 1.807) is 6.07 Å². The predicted molar refractivity (Wildman–Crippen MR) is 80.8 cm³/mol. The number of ether oxygens (including phenoxy) is 2. The maximum absolute atomic E-state index is 8.92. The maximum Gasteiger partial charge on any atom is 0.137 e. The third-order valence-electron chi connectivity index (χ3n) is 3.13. The molecule has 3 nitrogen and oxygen atoms in total. The third kappa shape index (κ3) is 7.16. The highest BCUT2D eigenvalue weighted by Gasteiger charge is 2.00. The Balaban J connectivity index is 1.98. The van der Waals surface area contributed by atoms with E-state index in [4.69, 9.17) is 14.7 Å². The van der Waals surface area contributed by atoms with Crippen molar-refractivity contribution in [3.63, 3.8) is 0 Å². The number of unbranched alkanes of at least 4 members (excludes halogenated alkanes) is 5. The molecule has 0 atom stereocenters. The van der Waals surface area contributed by atoms with Crippen LogP contribution in [0.1, 0.15) is 51.0 Å². The Labute approximate surface area is 122 Å². The minimum absolute atomic E-state index is 0.495. The molecule has 0 radical (unpaired) electrons. The lowest BCUT2D eigenvalue weighted by Crippen LogP contribution is -2.08. The highest BCUT2D eigenvalue weighted by Crippen LogP contribution is 2.16. The van der Waals surface area contributed by atoms with E-state index in [0.29, 0.717) is 24.5 Å². The summed E-state index contributed by atoms with van der Waals surface area (Å²) in [5.41, 5.74) is 0.573. The quantitative estimate of drug-likeness (QED) is 0.565. The van der Waals surface area contributed by atoms with Crippen molar-refractivity contribution < 1.29 is 9.47 Å². The molecule has 1 aromatic carbocycles. The van der Waals surface area contributed by atoms with Gasteiger partial charge in [0.2, 0.25) is 0 Å². The third-order valence-corrected chi connectivity index (χ3v) is 3.13. The van der Waals surface area contributed by atoms with Crippen molar-refractivity contribution in [2.24, 2.45) is 0 Å². The summed E-state index contributed by atoms with van der Waals surface area (Å²) in [6, 6.07) is 9.39. The van der Waals surface area contributed by atoms with Crippen LogP contribution in [-0.4, -0.2) is 19.8 Å². The summed E-state index contributed by atoms with van der Waals surface area (Å²) >= 11 is 0. The van der Waals surface area contributed by atoms with Gasteiger partial charge in [0.15, 0.2) is 0 Å². The fourth-order valence-electron chi connectivity index (χ4n) is 1.98. The Bertz CT molecular complexity index is 398. The van der Waals surface area contributed by atoms with Gasteiger partial charge in [-0.2, -0.15) is 5.26 Å². The van der Waals surface area contributed by atoms with Crippen LogP contribution in [0.2, 0.25) is 0 Å². The molecule has 0 saturated carbocycles. The van der Waals surface area contributed by atoms with E-state index in [1.165, 1.54) is 32.1 Å². The average molecular weight is 275 g/mol. The van der Waals surface area contributed by atoms with Crippen LogP contribution in [0, 0.1) is 11.3 Å². The lowest BCUT2D eigenvalue weighted by Gasteiger charge is -2.08. The SMILES string of the molecule is CCCCCCCCOCCOc1ccccc1C#N. The van der Waals surface area contributed by atoms with E-state index < -0.39 is 0 Å². The van der Waals surface area contributed by atoms with Crippen LogP contribution in [-0.2, 0) is 4.74 Å². The van der Waals surface area contributed by atoms with Gasteiger partial charge in [0.1, 0.15) is 18.4 Å². The topological polar surface area (TPSA) is 42.2 Å². The molecule has 0 spiro atoms. The Hall–Kier alpha value is -1.53. The summed E-state index contributed by atoms with van der Waals surface area (Å²) < 4.78 is 11.1. The van der Waals surface area contributed by atoms with Crippen LogP contribution in [0.5, 0.6) is 5.75 Å². The van der Waals surface area contributed by atoms with Crippen molar-refractivity contribution in [2.75, 3.05) is 19.8 Å². The van der Waals surface area contributed by atoms with Crippen LogP contribution in [0.3, 0.4) is 0 Å². The van der Waals surface area contributed by atoms with E-state index in [9.17, 15) is 0 Å². The second kappa shape index (κ2) is 11.3. The summed E-state index contributed by atoms with van der Waals surface area (Å²) in [6.07, 6.45) is 7.65. The monoisotopic (exact) mass is 275 g/mol. The van der Waals surface area contributed by atoms with Crippen LogP contribution in [0.15, 0.2) is 24.3 Å². The standard InChI is InChI=1S/C17H25NO2/c1-2-3-4-5-6-9-12-19-13-14-20-17-11-8-7-10-16(17)15-18/h7-8,10-11H,2-6,9,12-14H2,1H3. The normalized spacial score (nSPS) is 10.2. The minimum Gasteiger partial charge on any atom is -0.490 e. The Kier molecular flexibility index (Phi) is 9.34. The molecule has 20 heavy (non-hydrogen) atoms. The molecule has 1 rings (SSSR count). The lowest BCUT2D eigenvalue weighted by atomic mass is 10.1. The molecule has 0 saturated heterocycles. The Morgan fingerprint density at radius 1 is 0.950 bits per heavy atom. The lowest BCUT2D eigenvalue weighted by molar-refractivity contribution is 0.0970. The highest BCUT2D eigenvalue weighted by molar-refractivity contribution is 5.42. The van der Waals surface area contributed by atoms with Gasteiger partial charge in [0.25, 0.3) is 0 Å². The summed E-state index contributed by atoms with van der Waals surface area (Å²) in [5, 5.41) is 8.92. The molecular formula is C17H25NO2. The summed E-state index contributed by atoms with van der Waals surface area (Å²) in [4.78, 5) is 0. The van der Waals surface area contributed by atoms with Crippen molar-refractivity contribution in [1.29, 1.82) is 5.26 Å². The first-order valence-electron chi connectivity index (χ1n) is 7.58. The summed E-state index contributed by atoms with van der Waals surface area (Å²) in [6.45, 7) is 4.10. The smallest absolute Gasteiger partial charge is 0.137 e. The predicted octanol–water partition coefficient (Wildman–Crippen LogP) is 4.31. The van der Waals surface area contributed by atoms with Gasteiger partial charge in [-0.15, -0.1) is 0 Å². The fourth-order valence-corrected chi connectivity index (χ4v) is 1.98. The minimum atomic E-state index is 0.495. The second-order valence-electron chi connectivity index (χ2n) is 4.84. The number of nitriles is 1. The molecule has 0 fully saturated rings. The van der Waals surface area contributed by atoms with Gasteiger partial charge >= 0.3 is 0 Å². The van der Waals surface area contributed by atoms with Crippen LogP contribution in [0.4, 0.5) is 0 Å². The molecule has 0 aromatic heterocycles. The molecule has 0 aliphatic rings. The number of nitrogens with zero attached hydrogens (tertiary/aromatic N) is 1. The fraction of sp³-hybridized carbons (Fsp3) is 0.588. The molecule has 0 unspecified atom stereocenters. The first kappa shape index (κ1) is 16.5. The van der Waals surface area contributed by atoms with Crippen molar-refractivity contribution >= 4 is 0 Å². The zero-order valence-corrected chi connectivity index (χ0v) is 12.4. The van der Waals surface area contributed by atoms with E-state index in [-0.39, 0.29) is 0 Å². The molecule has 0 heterocycles.